The predicted molar refractivity (Wildman–Crippen MR) is 52.8 cm³/mol. The van der Waals surface area contributed by atoms with E-state index in [-0.39, 0.29) is 17.6 Å². The van der Waals surface area contributed by atoms with E-state index in [0.717, 1.165) is 5.56 Å². The van der Waals surface area contributed by atoms with Crippen LogP contribution in [-0.4, -0.2) is 11.2 Å². The van der Waals surface area contributed by atoms with Gasteiger partial charge in [0.25, 0.3) is 0 Å². The summed E-state index contributed by atoms with van der Waals surface area (Å²) in [6, 6.07) is 8.03. The Balaban J connectivity index is 2.17. The van der Waals surface area contributed by atoms with Gasteiger partial charge in [-0.05, 0) is 11.1 Å². The van der Waals surface area contributed by atoms with E-state index in [4.69, 9.17) is 4.74 Å². The average Bonchev–Trinajstić information content (AvgIpc) is 2.95. The summed E-state index contributed by atoms with van der Waals surface area (Å²) in [7, 11) is 0. The highest BCUT2D eigenvalue weighted by Crippen LogP contribution is 2.59. The van der Waals surface area contributed by atoms with Crippen LogP contribution in [0.2, 0.25) is 0 Å². The van der Waals surface area contributed by atoms with E-state index in [9.17, 15) is 5.11 Å². The summed E-state index contributed by atoms with van der Waals surface area (Å²) in [6.45, 7) is 4.14. The lowest BCUT2D eigenvalue weighted by Crippen LogP contribution is -2.32. The molecule has 2 aliphatic rings. The zero-order valence-corrected chi connectivity index (χ0v) is 8.40. The van der Waals surface area contributed by atoms with Gasteiger partial charge in [0.2, 0.25) is 0 Å². The molecule has 1 heterocycles. The van der Waals surface area contributed by atoms with Gasteiger partial charge in [-0.15, -0.1) is 0 Å². The minimum atomic E-state index is -0.401. The quantitative estimate of drug-likeness (QED) is 0.636. The highest BCUT2D eigenvalue weighted by Gasteiger charge is 2.58. The number of rotatable bonds is 0. The number of aliphatic hydroxyl groups excluding tert-OH is 1. The normalized spacial score (nSPS) is 37.2. The Hall–Kier alpha value is -0.860. The van der Waals surface area contributed by atoms with Gasteiger partial charge >= 0.3 is 0 Å². The number of ether oxygens (including phenoxy) is 1. The maximum atomic E-state index is 10.2. The minimum absolute atomic E-state index is 0.154. The molecule has 0 spiro atoms. The first-order valence-corrected chi connectivity index (χ1v) is 5.04. The zero-order chi connectivity index (χ0) is 9.92. The van der Waals surface area contributed by atoms with Gasteiger partial charge in [0.1, 0.15) is 6.10 Å². The second-order valence-corrected chi connectivity index (χ2v) is 4.83. The van der Waals surface area contributed by atoms with Gasteiger partial charge in [-0.1, -0.05) is 38.1 Å². The van der Waals surface area contributed by atoms with Crippen molar-refractivity contribution in [2.45, 2.75) is 32.2 Å². The first-order chi connectivity index (χ1) is 6.62. The standard InChI is InChI=1S/C12H14O2/c1-12(2)10(13)8-6-4-3-5-7(8)9-11(12)14-9/h3-6,9-11,13H,1-2H3/t9-,10-,11-/m1/s1. The zero-order valence-electron chi connectivity index (χ0n) is 8.40. The molecule has 74 valence electrons. The van der Waals surface area contributed by atoms with Gasteiger partial charge in [0.15, 0.2) is 0 Å². The smallest absolute Gasteiger partial charge is 0.110 e. The molecule has 1 aliphatic heterocycles. The van der Waals surface area contributed by atoms with Crippen LogP contribution in [0.4, 0.5) is 0 Å². The summed E-state index contributed by atoms with van der Waals surface area (Å²) < 4.78 is 5.63. The summed E-state index contributed by atoms with van der Waals surface area (Å²) in [5.41, 5.74) is 2.06. The molecule has 1 aromatic carbocycles. The summed E-state index contributed by atoms with van der Waals surface area (Å²) in [4.78, 5) is 0. The molecule has 3 atom stereocenters. The minimum Gasteiger partial charge on any atom is -0.388 e. The molecule has 0 unspecified atom stereocenters. The van der Waals surface area contributed by atoms with Crippen molar-refractivity contribution in [3.63, 3.8) is 0 Å². The fourth-order valence-corrected chi connectivity index (χ4v) is 2.49. The maximum absolute atomic E-state index is 10.2. The fraction of sp³-hybridized carbons (Fsp3) is 0.500. The molecule has 1 aliphatic carbocycles. The molecular weight excluding hydrogens is 176 g/mol. The van der Waals surface area contributed by atoms with Crippen LogP contribution in [0.3, 0.4) is 0 Å². The third-order valence-corrected chi connectivity index (χ3v) is 3.53. The molecule has 2 heteroatoms. The Labute approximate surface area is 83.5 Å². The van der Waals surface area contributed by atoms with E-state index in [1.165, 1.54) is 5.56 Å². The number of aliphatic hydroxyl groups is 1. The van der Waals surface area contributed by atoms with Crippen LogP contribution in [0.15, 0.2) is 24.3 Å². The molecule has 0 bridgehead atoms. The van der Waals surface area contributed by atoms with Gasteiger partial charge in [-0.25, -0.2) is 0 Å². The van der Waals surface area contributed by atoms with Crippen LogP contribution < -0.4 is 0 Å². The largest absolute Gasteiger partial charge is 0.388 e. The van der Waals surface area contributed by atoms with E-state index in [1.807, 2.05) is 18.2 Å². The van der Waals surface area contributed by atoms with Gasteiger partial charge in [-0.3, -0.25) is 0 Å². The van der Waals surface area contributed by atoms with E-state index in [2.05, 4.69) is 19.9 Å². The molecule has 14 heavy (non-hydrogen) atoms. The molecule has 0 radical (unpaired) electrons. The van der Waals surface area contributed by atoms with Crippen molar-refractivity contribution < 1.29 is 9.84 Å². The molecule has 1 aromatic rings. The Morgan fingerprint density at radius 2 is 1.86 bits per heavy atom. The molecule has 3 rings (SSSR count). The van der Waals surface area contributed by atoms with Crippen LogP contribution in [0, 0.1) is 5.41 Å². The Morgan fingerprint density at radius 3 is 2.57 bits per heavy atom. The van der Waals surface area contributed by atoms with Crippen molar-refractivity contribution in [3.8, 4) is 0 Å². The van der Waals surface area contributed by atoms with Crippen molar-refractivity contribution in [1.29, 1.82) is 0 Å². The number of hydrogen-bond donors (Lipinski definition) is 1. The van der Waals surface area contributed by atoms with Crippen molar-refractivity contribution in [2.24, 2.45) is 5.41 Å². The monoisotopic (exact) mass is 190 g/mol. The van der Waals surface area contributed by atoms with Gasteiger partial charge < -0.3 is 9.84 Å². The van der Waals surface area contributed by atoms with Gasteiger partial charge in [0.05, 0.1) is 12.2 Å². The molecule has 2 nitrogen and oxygen atoms in total. The van der Waals surface area contributed by atoms with E-state index in [1.54, 1.807) is 0 Å². The SMILES string of the molecule is CC1(C)[C@H](O)c2ccccc2[C@H]2O[C@H]21. The fourth-order valence-electron chi connectivity index (χ4n) is 2.49. The summed E-state index contributed by atoms with van der Waals surface area (Å²) in [5, 5.41) is 10.2. The Kier molecular flexibility index (Phi) is 1.44. The molecule has 1 saturated heterocycles. The summed E-state index contributed by atoms with van der Waals surface area (Å²) >= 11 is 0. The second kappa shape index (κ2) is 2.38. The molecule has 1 fully saturated rings. The lowest BCUT2D eigenvalue weighted by molar-refractivity contribution is 0.0262. The van der Waals surface area contributed by atoms with E-state index in [0.29, 0.717) is 0 Å². The van der Waals surface area contributed by atoms with Gasteiger partial charge in [0, 0.05) is 5.41 Å². The first kappa shape index (κ1) is 8.45. The number of epoxide rings is 1. The van der Waals surface area contributed by atoms with Crippen LogP contribution >= 0.6 is 0 Å². The van der Waals surface area contributed by atoms with E-state index < -0.39 is 6.10 Å². The summed E-state index contributed by atoms with van der Waals surface area (Å²) in [6.07, 6.45) is 0.0273. The predicted octanol–water partition coefficient (Wildman–Crippen LogP) is 2.20. The average molecular weight is 190 g/mol. The first-order valence-electron chi connectivity index (χ1n) is 5.04. The third-order valence-electron chi connectivity index (χ3n) is 3.53. The highest BCUT2D eigenvalue weighted by atomic mass is 16.6. The molecule has 0 aromatic heterocycles. The third kappa shape index (κ3) is 0.877. The van der Waals surface area contributed by atoms with Crippen molar-refractivity contribution in [1.82, 2.24) is 0 Å². The Bertz CT molecular complexity index is 384. The van der Waals surface area contributed by atoms with Crippen molar-refractivity contribution >= 4 is 0 Å². The number of fused-ring (bicyclic) bond motifs is 3. The van der Waals surface area contributed by atoms with Crippen LogP contribution in [-0.2, 0) is 4.74 Å². The lowest BCUT2D eigenvalue weighted by Gasteiger charge is -2.33. The Morgan fingerprint density at radius 1 is 1.21 bits per heavy atom. The number of hydrogen-bond acceptors (Lipinski definition) is 2. The lowest BCUT2D eigenvalue weighted by atomic mass is 9.72. The van der Waals surface area contributed by atoms with Crippen LogP contribution in [0.1, 0.15) is 37.2 Å². The summed E-state index contributed by atoms with van der Waals surface area (Å²) in [5.74, 6) is 0. The number of benzene rings is 1. The molecule has 0 saturated carbocycles. The van der Waals surface area contributed by atoms with Crippen molar-refractivity contribution in [2.75, 3.05) is 0 Å². The van der Waals surface area contributed by atoms with Crippen LogP contribution in [0.5, 0.6) is 0 Å². The van der Waals surface area contributed by atoms with Gasteiger partial charge in [-0.2, -0.15) is 0 Å². The van der Waals surface area contributed by atoms with E-state index >= 15 is 0 Å². The van der Waals surface area contributed by atoms with Crippen molar-refractivity contribution in [3.05, 3.63) is 35.4 Å². The second-order valence-electron chi connectivity index (χ2n) is 4.83. The molecule has 1 N–H and O–H groups in total. The topological polar surface area (TPSA) is 32.8 Å². The van der Waals surface area contributed by atoms with Crippen LogP contribution in [0.25, 0.3) is 0 Å². The molecular formula is C12H14O2. The highest BCUT2D eigenvalue weighted by molar-refractivity contribution is 5.39. The maximum Gasteiger partial charge on any atom is 0.110 e. The molecule has 0 amide bonds.